The van der Waals surface area contributed by atoms with Gasteiger partial charge in [0.2, 0.25) is 0 Å². The number of hydrogen-bond acceptors (Lipinski definition) is 4. The van der Waals surface area contributed by atoms with Gasteiger partial charge in [-0.2, -0.15) is 0 Å². The van der Waals surface area contributed by atoms with Crippen molar-refractivity contribution in [1.29, 1.82) is 0 Å². The Kier molecular flexibility index (Phi) is 5.71. The van der Waals surface area contributed by atoms with E-state index < -0.39 is 5.91 Å². The number of ether oxygens (including phenoxy) is 2. The molecule has 122 valence electrons. The first-order chi connectivity index (χ1) is 11.0. The molecule has 2 rings (SSSR count). The highest BCUT2D eigenvalue weighted by molar-refractivity contribution is 6.30. The molecule has 0 saturated carbocycles. The van der Waals surface area contributed by atoms with Gasteiger partial charge < -0.3 is 20.5 Å². The molecule has 0 radical (unpaired) electrons. The lowest BCUT2D eigenvalue weighted by atomic mass is 10.1. The lowest BCUT2D eigenvalue weighted by molar-refractivity contribution is -0.119. The second-order valence-corrected chi connectivity index (χ2v) is 5.48. The van der Waals surface area contributed by atoms with Crippen molar-refractivity contribution in [1.82, 2.24) is 0 Å². The van der Waals surface area contributed by atoms with Crippen LogP contribution in [0.5, 0.6) is 11.5 Å². The third-order valence-corrected chi connectivity index (χ3v) is 3.50. The van der Waals surface area contributed by atoms with Crippen LogP contribution in [0.3, 0.4) is 0 Å². The number of carbonyl (C=O) groups excluding carboxylic acids is 1. The summed E-state index contributed by atoms with van der Waals surface area (Å²) >= 11 is 6.02. The van der Waals surface area contributed by atoms with Gasteiger partial charge in [0.05, 0.1) is 7.11 Å². The van der Waals surface area contributed by atoms with E-state index in [1.807, 2.05) is 37.3 Å². The number of benzene rings is 2. The van der Waals surface area contributed by atoms with E-state index >= 15 is 0 Å². The molecule has 2 aromatic rings. The SMILES string of the molecule is COc1ccc(NC(C)c2cccc(Cl)c2)cc1OCC(N)=O. The maximum absolute atomic E-state index is 10.9. The minimum Gasteiger partial charge on any atom is -0.493 e. The Hall–Kier alpha value is -2.40. The quantitative estimate of drug-likeness (QED) is 0.814. The van der Waals surface area contributed by atoms with Crippen LogP contribution in [0.2, 0.25) is 5.02 Å². The first-order valence-electron chi connectivity index (χ1n) is 7.10. The fraction of sp³-hybridized carbons (Fsp3) is 0.235. The molecule has 0 aliphatic heterocycles. The van der Waals surface area contributed by atoms with E-state index in [0.29, 0.717) is 16.5 Å². The molecule has 5 nitrogen and oxygen atoms in total. The lowest BCUT2D eigenvalue weighted by Gasteiger charge is -2.18. The number of amides is 1. The van der Waals surface area contributed by atoms with E-state index in [4.69, 9.17) is 26.8 Å². The van der Waals surface area contributed by atoms with Gasteiger partial charge in [-0.3, -0.25) is 4.79 Å². The van der Waals surface area contributed by atoms with Gasteiger partial charge in [-0.15, -0.1) is 0 Å². The molecule has 0 saturated heterocycles. The van der Waals surface area contributed by atoms with Crippen LogP contribution < -0.4 is 20.5 Å². The van der Waals surface area contributed by atoms with Crippen LogP contribution in [-0.4, -0.2) is 19.6 Å². The number of halogens is 1. The molecule has 1 amide bonds. The van der Waals surface area contributed by atoms with Gasteiger partial charge >= 0.3 is 0 Å². The second-order valence-electron chi connectivity index (χ2n) is 5.04. The van der Waals surface area contributed by atoms with Crippen molar-refractivity contribution in [3.8, 4) is 11.5 Å². The Morgan fingerprint density at radius 3 is 2.70 bits per heavy atom. The van der Waals surface area contributed by atoms with Crippen molar-refractivity contribution in [2.75, 3.05) is 19.0 Å². The summed E-state index contributed by atoms with van der Waals surface area (Å²) in [6.07, 6.45) is 0. The molecule has 3 N–H and O–H groups in total. The zero-order chi connectivity index (χ0) is 16.8. The largest absolute Gasteiger partial charge is 0.493 e. The summed E-state index contributed by atoms with van der Waals surface area (Å²) in [4.78, 5) is 10.9. The molecule has 6 heteroatoms. The van der Waals surface area contributed by atoms with Crippen molar-refractivity contribution in [2.45, 2.75) is 13.0 Å². The summed E-state index contributed by atoms with van der Waals surface area (Å²) in [6, 6.07) is 13.1. The molecule has 23 heavy (non-hydrogen) atoms. The summed E-state index contributed by atoms with van der Waals surface area (Å²) in [5, 5.41) is 4.05. The maximum Gasteiger partial charge on any atom is 0.255 e. The van der Waals surface area contributed by atoms with E-state index in [0.717, 1.165) is 11.3 Å². The summed E-state index contributed by atoms with van der Waals surface area (Å²) in [5.74, 6) is 0.444. The monoisotopic (exact) mass is 334 g/mol. The van der Waals surface area contributed by atoms with E-state index in [2.05, 4.69) is 5.32 Å². The van der Waals surface area contributed by atoms with Crippen molar-refractivity contribution in [2.24, 2.45) is 5.73 Å². The predicted octanol–water partition coefficient (Wildman–Crippen LogP) is 3.39. The van der Waals surface area contributed by atoms with Gasteiger partial charge in [0.15, 0.2) is 18.1 Å². The number of rotatable bonds is 7. The fourth-order valence-electron chi connectivity index (χ4n) is 2.14. The summed E-state index contributed by atoms with van der Waals surface area (Å²) in [6.45, 7) is 1.82. The van der Waals surface area contributed by atoms with Gasteiger partial charge in [0, 0.05) is 22.8 Å². The number of anilines is 1. The molecule has 1 unspecified atom stereocenters. The molecule has 0 spiro atoms. The average Bonchev–Trinajstić information content (AvgIpc) is 2.53. The van der Waals surface area contributed by atoms with Crippen LogP contribution in [0.1, 0.15) is 18.5 Å². The van der Waals surface area contributed by atoms with E-state index in [-0.39, 0.29) is 12.6 Å². The zero-order valence-electron chi connectivity index (χ0n) is 13.0. The minimum absolute atomic E-state index is 0.0473. The normalized spacial score (nSPS) is 11.6. The van der Waals surface area contributed by atoms with E-state index in [1.54, 1.807) is 12.1 Å². The molecule has 0 fully saturated rings. The standard InChI is InChI=1S/C17H19ClN2O3/c1-11(12-4-3-5-13(18)8-12)20-14-6-7-15(22-2)16(9-14)23-10-17(19)21/h3-9,11,20H,10H2,1-2H3,(H2,19,21). The predicted molar refractivity (Wildman–Crippen MR) is 91.2 cm³/mol. The van der Waals surface area contributed by atoms with Crippen LogP contribution >= 0.6 is 11.6 Å². The Bertz CT molecular complexity index is 691. The van der Waals surface area contributed by atoms with Gasteiger partial charge in [-0.1, -0.05) is 23.7 Å². The smallest absolute Gasteiger partial charge is 0.255 e. The molecule has 0 heterocycles. The number of methoxy groups -OCH3 is 1. The average molecular weight is 335 g/mol. The van der Waals surface area contributed by atoms with Crippen LogP contribution in [-0.2, 0) is 4.79 Å². The highest BCUT2D eigenvalue weighted by atomic mass is 35.5. The zero-order valence-corrected chi connectivity index (χ0v) is 13.8. The first-order valence-corrected chi connectivity index (χ1v) is 7.48. The molecule has 0 aliphatic carbocycles. The topological polar surface area (TPSA) is 73.6 Å². The number of hydrogen-bond donors (Lipinski definition) is 2. The van der Waals surface area contributed by atoms with Crippen molar-refractivity contribution in [3.63, 3.8) is 0 Å². The Morgan fingerprint density at radius 1 is 1.26 bits per heavy atom. The van der Waals surface area contributed by atoms with Gasteiger partial charge in [0.25, 0.3) is 5.91 Å². The molecule has 0 bridgehead atoms. The third-order valence-electron chi connectivity index (χ3n) is 3.27. The first kappa shape index (κ1) is 17.0. The highest BCUT2D eigenvalue weighted by Gasteiger charge is 2.10. The number of primary amides is 1. The van der Waals surface area contributed by atoms with Gasteiger partial charge in [0.1, 0.15) is 0 Å². The van der Waals surface area contributed by atoms with E-state index in [9.17, 15) is 4.79 Å². The van der Waals surface area contributed by atoms with Gasteiger partial charge in [-0.05, 0) is 36.8 Å². The second kappa shape index (κ2) is 7.74. The minimum atomic E-state index is -0.544. The van der Waals surface area contributed by atoms with E-state index in [1.165, 1.54) is 7.11 Å². The van der Waals surface area contributed by atoms with Gasteiger partial charge in [-0.25, -0.2) is 0 Å². The highest BCUT2D eigenvalue weighted by Crippen LogP contribution is 2.32. The molecular formula is C17H19ClN2O3. The fourth-order valence-corrected chi connectivity index (χ4v) is 2.34. The van der Waals surface area contributed by atoms with Crippen molar-refractivity contribution in [3.05, 3.63) is 53.1 Å². The molecule has 0 aliphatic rings. The third kappa shape index (κ3) is 4.79. The summed E-state index contributed by atoms with van der Waals surface area (Å²) < 4.78 is 10.6. The molecule has 1 atom stereocenters. The lowest BCUT2D eigenvalue weighted by Crippen LogP contribution is -2.20. The maximum atomic E-state index is 10.9. The summed E-state index contributed by atoms with van der Waals surface area (Å²) in [5.41, 5.74) is 7.00. The molecule has 2 aromatic carbocycles. The van der Waals surface area contributed by atoms with Crippen LogP contribution in [0.15, 0.2) is 42.5 Å². The van der Waals surface area contributed by atoms with Crippen LogP contribution in [0.25, 0.3) is 0 Å². The Morgan fingerprint density at radius 2 is 2.04 bits per heavy atom. The van der Waals surface area contributed by atoms with Crippen LogP contribution in [0.4, 0.5) is 5.69 Å². The molecular weight excluding hydrogens is 316 g/mol. The molecule has 0 aromatic heterocycles. The number of carbonyl (C=O) groups is 1. The van der Waals surface area contributed by atoms with Crippen molar-refractivity contribution >= 4 is 23.2 Å². The Balaban J connectivity index is 2.16. The number of nitrogens with two attached hydrogens (primary N) is 1. The van der Waals surface area contributed by atoms with Crippen molar-refractivity contribution < 1.29 is 14.3 Å². The van der Waals surface area contributed by atoms with Crippen LogP contribution in [0, 0.1) is 0 Å². The Labute approximate surface area is 140 Å². The number of nitrogens with one attached hydrogen (secondary N) is 1. The summed E-state index contributed by atoms with van der Waals surface area (Å²) in [7, 11) is 1.54.